The molecule has 0 saturated carbocycles. The van der Waals surface area contributed by atoms with Gasteiger partial charge < -0.3 is 19.3 Å². The molecule has 0 spiro atoms. The highest BCUT2D eigenvalue weighted by molar-refractivity contribution is 7.46. The van der Waals surface area contributed by atoms with E-state index in [0.29, 0.717) is 6.42 Å². The first-order valence-electron chi connectivity index (χ1n) is 20.3. The van der Waals surface area contributed by atoms with E-state index < -0.39 is 32.5 Å². The van der Waals surface area contributed by atoms with E-state index in [1.54, 1.807) is 0 Å². The number of carbonyl (C=O) groups is 2. The van der Waals surface area contributed by atoms with E-state index in [4.69, 9.17) is 19.3 Å². The molecule has 2 N–H and O–H groups in total. The van der Waals surface area contributed by atoms with Gasteiger partial charge in [0, 0.05) is 12.8 Å². The van der Waals surface area contributed by atoms with Gasteiger partial charge >= 0.3 is 19.8 Å². The largest absolute Gasteiger partial charge is 0.469 e. The van der Waals surface area contributed by atoms with E-state index >= 15 is 0 Å². The molecule has 0 fully saturated rings. The molecular weight excluding hydrogens is 627 g/mol. The number of unbranched alkanes of at least 4 members (excludes halogenated alkanes) is 28. The highest BCUT2D eigenvalue weighted by Gasteiger charge is 2.22. The molecule has 0 rings (SSSR count). The Hall–Kier alpha value is -0.950. The van der Waals surface area contributed by atoms with Gasteiger partial charge in [-0.3, -0.25) is 14.1 Å². The number of hydrogen-bond acceptors (Lipinski definition) is 6. The lowest BCUT2D eigenvalue weighted by Crippen LogP contribution is -2.29. The summed E-state index contributed by atoms with van der Waals surface area (Å²) in [5.74, 6) is -0.872. The molecule has 1 atom stereocenters. The molecule has 0 amide bonds. The maximum atomic E-state index is 12.4. The summed E-state index contributed by atoms with van der Waals surface area (Å²) in [5.41, 5.74) is 0. The van der Waals surface area contributed by atoms with Crippen LogP contribution in [0.2, 0.25) is 0 Å². The molecule has 286 valence electrons. The van der Waals surface area contributed by atoms with Crippen LogP contribution in [-0.2, 0) is 28.2 Å². The smallest absolute Gasteiger partial charge is 0.462 e. The zero-order chi connectivity index (χ0) is 35.4. The minimum Gasteiger partial charge on any atom is -0.462 e. The quantitative estimate of drug-likeness (QED) is 0.0370. The Bertz CT molecular complexity index is 756. The summed E-state index contributed by atoms with van der Waals surface area (Å²) >= 11 is 0. The van der Waals surface area contributed by atoms with Crippen LogP contribution in [-0.4, -0.2) is 41.0 Å². The first-order chi connectivity index (χ1) is 23.3. The first-order valence-corrected chi connectivity index (χ1v) is 21.9. The third-order valence-electron chi connectivity index (χ3n) is 9.13. The summed E-state index contributed by atoms with van der Waals surface area (Å²) in [7, 11) is -4.74. The molecular formula is C39H77O8P. The van der Waals surface area contributed by atoms with Crippen molar-refractivity contribution in [3.8, 4) is 0 Å². The number of carbonyl (C=O) groups excluding carboxylic acids is 2. The molecule has 0 aromatic rings. The first kappa shape index (κ1) is 47.0. The Labute approximate surface area is 295 Å². The normalized spacial score (nSPS) is 12.3. The Balaban J connectivity index is 3.82. The fourth-order valence-corrected chi connectivity index (χ4v) is 6.44. The maximum absolute atomic E-state index is 12.4. The molecule has 8 nitrogen and oxygen atoms in total. The molecule has 0 bridgehead atoms. The molecule has 0 heterocycles. The summed E-state index contributed by atoms with van der Waals surface area (Å²) in [4.78, 5) is 42.7. The molecule has 9 heteroatoms. The lowest BCUT2D eigenvalue weighted by molar-refractivity contribution is -0.161. The maximum Gasteiger partial charge on any atom is 0.469 e. The van der Waals surface area contributed by atoms with Gasteiger partial charge in [-0.15, -0.1) is 0 Å². The van der Waals surface area contributed by atoms with Crippen LogP contribution in [0.4, 0.5) is 0 Å². The third kappa shape index (κ3) is 37.9. The second-order valence-corrected chi connectivity index (χ2v) is 15.2. The van der Waals surface area contributed by atoms with Crippen molar-refractivity contribution in [2.24, 2.45) is 0 Å². The summed E-state index contributed by atoms with van der Waals surface area (Å²) in [6.07, 6.45) is 36.9. The van der Waals surface area contributed by atoms with Gasteiger partial charge in [-0.1, -0.05) is 194 Å². The van der Waals surface area contributed by atoms with Crippen LogP contribution >= 0.6 is 7.82 Å². The van der Waals surface area contributed by atoms with Gasteiger partial charge in [0.1, 0.15) is 6.61 Å². The predicted octanol–water partition coefficient (Wildman–Crippen LogP) is 12.1. The summed E-state index contributed by atoms with van der Waals surface area (Å²) < 4.78 is 26.3. The molecule has 0 unspecified atom stereocenters. The molecule has 0 aromatic heterocycles. The SMILES string of the molecule is CCCCCCCCCCCCCCCCCCCCCCC(=O)O[C@H](COC(=O)CCCCCCCCCCCC)COP(=O)(O)O. The van der Waals surface area contributed by atoms with Crippen molar-refractivity contribution in [2.45, 2.75) is 225 Å². The molecule has 48 heavy (non-hydrogen) atoms. The fourth-order valence-electron chi connectivity index (χ4n) is 6.08. The van der Waals surface area contributed by atoms with Gasteiger partial charge in [0.25, 0.3) is 0 Å². The van der Waals surface area contributed by atoms with Gasteiger partial charge in [-0.05, 0) is 12.8 Å². The van der Waals surface area contributed by atoms with Crippen molar-refractivity contribution in [1.29, 1.82) is 0 Å². The highest BCUT2D eigenvalue weighted by atomic mass is 31.2. The third-order valence-corrected chi connectivity index (χ3v) is 9.61. The number of ether oxygens (including phenoxy) is 2. The van der Waals surface area contributed by atoms with E-state index in [-0.39, 0.29) is 19.4 Å². The van der Waals surface area contributed by atoms with Crippen LogP contribution in [0.3, 0.4) is 0 Å². The van der Waals surface area contributed by atoms with E-state index in [9.17, 15) is 14.2 Å². The van der Waals surface area contributed by atoms with E-state index in [1.807, 2.05) is 0 Å². The number of esters is 2. The van der Waals surface area contributed by atoms with Gasteiger partial charge in [-0.2, -0.15) is 0 Å². The Morgan fingerprint density at radius 2 is 0.750 bits per heavy atom. The molecule has 0 aliphatic carbocycles. The lowest BCUT2D eigenvalue weighted by Gasteiger charge is -2.18. The van der Waals surface area contributed by atoms with Crippen molar-refractivity contribution in [1.82, 2.24) is 0 Å². The fraction of sp³-hybridized carbons (Fsp3) is 0.949. The minimum absolute atomic E-state index is 0.220. The topological polar surface area (TPSA) is 119 Å². The molecule has 0 aliphatic heterocycles. The number of phosphoric ester groups is 1. The van der Waals surface area contributed by atoms with Gasteiger partial charge in [-0.25, -0.2) is 4.57 Å². The van der Waals surface area contributed by atoms with Gasteiger partial charge in [0.2, 0.25) is 0 Å². The summed E-state index contributed by atoms with van der Waals surface area (Å²) in [6, 6.07) is 0. The summed E-state index contributed by atoms with van der Waals surface area (Å²) in [5, 5.41) is 0. The number of rotatable bonds is 38. The molecule has 0 radical (unpaired) electrons. The monoisotopic (exact) mass is 705 g/mol. The van der Waals surface area contributed by atoms with Crippen LogP contribution in [0.5, 0.6) is 0 Å². The van der Waals surface area contributed by atoms with E-state index in [2.05, 4.69) is 18.4 Å². The Morgan fingerprint density at radius 1 is 0.458 bits per heavy atom. The minimum atomic E-state index is -4.74. The number of phosphoric acid groups is 1. The lowest BCUT2D eigenvalue weighted by atomic mass is 10.0. The average Bonchev–Trinajstić information content (AvgIpc) is 3.05. The predicted molar refractivity (Wildman–Crippen MR) is 198 cm³/mol. The zero-order valence-electron chi connectivity index (χ0n) is 31.4. The van der Waals surface area contributed by atoms with Crippen LogP contribution in [0, 0.1) is 0 Å². The molecule has 0 aliphatic rings. The van der Waals surface area contributed by atoms with E-state index in [0.717, 1.165) is 32.1 Å². The molecule has 0 saturated heterocycles. The van der Waals surface area contributed by atoms with Crippen LogP contribution in [0.25, 0.3) is 0 Å². The second kappa shape index (κ2) is 35.9. The summed E-state index contributed by atoms with van der Waals surface area (Å²) in [6.45, 7) is 3.69. The van der Waals surface area contributed by atoms with Crippen molar-refractivity contribution in [2.75, 3.05) is 13.2 Å². The van der Waals surface area contributed by atoms with E-state index in [1.165, 1.54) is 154 Å². The van der Waals surface area contributed by atoms with Crippen molar-refractivity contribution in [3.63, 3.8) is 0 Å². The van der Waals surface area contributed by atoms with Crippen LogP contribution < -0.4 is 0 Å². The highest BCUT2D eigenvalue weighted by Crippen LogP contribution is 2.36. The number of hydrogen-bond donors (Lipinski definition) is 2. The van der Waals surface area contributed by atoms with Gasteiger partial charge in [0.15, 0.2) is 6.10 Å². The Morgan fingerprint density at radius 3 is 1.06 bits per heavy atom. The Kier molecular flexibility index (Phi) is 35.2. The van der Waals surface area contributed by atoms with Crippen LogP contribution in [0.1, 0.15) is 219 Å². The zero-order valence-corrected chi connectivity index (χ0v) is 32.3. The van der Waals surface area contributed by atoms with Crippen molar-refractivity contribution >= 4 is 19.8 Å². The average molecular weight is 705 g/mol. The van der Waals surface area contributed by atoms with Crippen LogP contribution in [0.15, 0.2) is 0 Å². The van der Waals surface area contributed by atoms with Crippen molar-refractivity contribution < 1.29 is 37.9 Å². The molecule has 0 aromatic carbocycles. The second-order valence-electron chi connectivity index (χ2n) is 14.0. The van der Waals surface area contributed by atoms with Gasteiger partial charge in [0.05, 0.1) is 6.61 Å². The van der Waals surface area contributed by atoms with Crippen molar-refractivity contribution in [3.05, 3.63) is 0 Å². The standard InChI is InChI=1S/C39H77O8P/c1-3-5-7-9-11-13-15-16-17-18-19-20-21-22-23-24-26-28-30-32-34-39(41)47-37(36-46-48(42,43)44)35-45-38(40)33-31-29-27-25-14-12-10-8-6-4-2/h37H,3-36H2,1-2H3,(H2,42,43,44)/t37-/m1/s1.